The van der Waals surface area contributed by atoms with E-state index in [-0.39, 0.29) is 50.1 Å². The van der Waals surface area contributed by atoms with Crippen molar-refractivity contribution in [1.29, 1.82) is 0 Å². The van der Waals surface area contributed by atoms with Crippen LogP contribution in [0, 0.1) is 6.57 Å². The van der Waals surface area contributed by atoms with Gasteiger partial charge in [-0.1, -0.05) is 42.5 Å². The van der Waals surface area contributed by atoms with Crippen LogP contribution in [0.3, 0.4) is 0 Å². The summed E-state index contributed by atoms with van der Waals surface area (Å²) in [5.74, 6) is 0. The zero-order chi connectivity index (χ0) is 40.1. The van der Waals surface area contributed by atoms with Gasteiger partial charge in [-0.15, -0.1) is 0 Å². The lowest BCUT2D eigenvalue weighted by atomic mass is 9.94. The number of hydrogen-bond acceptors (Lipinski definition) is 0. The highest BCUT2D eigenvalue weighted by Crippen LogP contribution is 2.48. The molecular weight excluding hydrogens is 762 g/mol. The molecule has 0 aliphatic rings. The summed E-state index contributed by atoms with van der Waals surface area (Å²) >= 11 is 0. The first-order valence-corrected chi connectivity index (χ1v) is 16.3. The van der Waals surface area contributed by atoms with Crippen molar-refractivity contribution in [3.8, 4) is 22.5 Å². The van der Waals surface area contributed by atoms with Gasteiger partial charge in [-0.05, 0) is 83.9 Å². The fraction of sp³-hybridized carbons (Fsp3) is 0.0976. The van der Waals surface area contributed by atoms with E-state index in [4.69, 9.17) is 6.57 Å². The minimum Gasteiger partial charge on any atom is -0.308 e. The molecule has 2 heterocycles. The topological polar surface area (TPSA) is 14.2 Å². The summed E-state index contributed by atoms with van der Waals surface area (Å²) in [5, 5.41) is 0.818. The van der Waals surface area contributed by atoms with Crippen molar-refractivity contribution in [2.24, 2.45) is 0 Å². The van der Waals surface area contributed by atoms with E-state index in [0.717, 1.165) is 36.4 Å². The second-order valence-electron chi connectivity index (χ2n) is 12.9. The van der Waals surface area contributed by atoms with E-state index in [0.29, 0.717) is 23.0 Å². The number of rotatable bonds is 3. The predicted molar refractivity (Wildman–Crippen MR) is 187 cm³/mol. The predicted octanol–water partition coefficient (Wildman–Crippen LogP) is 14.2. The molecule has 8 rings (SSSR count). The first-order valence-electron chi connectivity index (χ1n) is 16.3. The molecule has 0 bridgehead atoms. The van der Waals surface area contributed by atoms with E-state index in [2.05, 4.69) is 4.85 Å². The number of hydrogen-bond donors (Lipinski definition) is 0. The Morgan fingerprint density at radius 1 is 0.393 bits per heavy atom. The van der Waals surface area contributed by atoms with Crippen LogP contribution in [0.25, 0.3) is 71.0 Å². The Hall–Kier alpha value is -6.43. The van der Waals surface area contributed by atoms with Crippen LogP contribution >= 0.6 is 0 Å². The summed E-state index contributed by atoms with van der Waals surface area (Å²) in [6.45, 7) is 8.05. The quantitative estimate of drug-likeness (QED) is 0.125. The summed E-state index contributed by atoms with van der Waals surface area (Å²) in [6.07, 6.45) is -20.0. The molecule has 0 N–H and O–H groups in total. The van der Waals surface area contributed by atoms with Crippen LogP contribution in [0.2, 0.25) is 0 Å². The van der Waals surface area contributed by atoms with E-state index in [1.165, 1.54) is 33.4 Å². The van der Waals surface area contributed by atoms with Crippen LogP contribution in [0.15, 0.2) is 115 Å². The molecule has 0 aliphatic carbocycles. The van der Waals surface area contributed by atoms with Crippen LogP contribution in [0.5, 0.6) is 0 Å². The normalized spacial score (nSPS) is 13.0. The molecule has 3 nitrogen and oxygen atoms in total. The third-order valence-electron chi connectivity index (χ3n) is 9.64. The molecule has 0 saturated heterocycles. The Morgan fingerprint density at radius 3 is 1.25 bits per heavy atom. The van der Waals surface area contributed by atoms with Crippen molar-refractivity contribution < 1.29 is 52.7 Å². The summed E-state index contributed by atoms with van der Waals surface area (Å²) in [4.78, 5) is 3.47. The van der Waals surface area contributed by atoms with Gasteiger partial charge in [0.1, 0.15) is 0 Å². The summed E-state index contributed by atoms with van der Waals surface area (Å²) < 4.78 is 172. The lowest BCUT2D eigenvalue weighted by molar-refractivity contribution is -0.143. The fourth-order valence-corrected chi connectivity index (χ4v) is 7.24. The molecule has 0 saturated carbocycles. The van der Waals surface area contributed by atoms with Crippen molar-refractivity contribution in [3.05, 3.63) is 149 Å². The van der Waals surface area contributed by atoms with E-state index in [1.807, 2.05) is 0 Å². The molecule has 0 spiro atoms. The lowest BCUT2D eigenvalue weighted by Gasteiger charge is -2.22. The van der Waals surface area contributed by atoms with E-state index >= 15 is 0 Å². The molecule has 2 aromatic heterocycles. The molecule has 6 aromatic carbocycles. The summed E-state index contributed by atoms with van der Waals surface area (Å²) in [5.41, 5.74) is -6.15. The molecule has 0 amide bonds. The highest BCUT2D eigenvalue weighted by molar-refractivity contribution is 6.12. The van der Waals surface area contributed by atoms with E-state index in [9.17, 15) is 52.7 Å². The van der Waals surface area contributed by atoms with Crippen LogP contribution in [-0.2, 0) is 24.7 Å². The maximum atomic E-state index is 14.6. The second kappa shape index (κ2) is 12.3. The monoisotopic (exact) mass is 781 g/mol. The van der Waals surface area contributed by atoms with Gasteiger partial charge in [0.25, 0.3) is 0 Å². The smallest absolute Gasteiger partial charge is 0.308 e. The number of nitrogens with zero attached hydrogens (tertiary/aromatic N) is 3. The van der Waals surface area contributed by atoms with Crippen LogP contribution in [-0.4, -0.2) is 9.13 Å². The van der Waals surface area contributed by atoms with Crippen molar-refractivity contribution in [3.63, 3.8) is 0 Å². The minimum atomic E-state index is -5.35. The molecule has 15 heteroatoms. The van der Waals surface area contributed by atoms with Gasteiger partial charge >= 0.3 is 24.7 Å². The highest BCUT2D eigenvalue weighted by atomic mass is 19.4. The number of aromatic nitrogens is 2. The lowest BCUT2D eigenvalue weighted by Crippen LogP contribution is -2.12. The van der Waals surface area contributed by atoms with Gasteiger partial charge < -0.3 is 9.13 Å². The van der Waals surface area contributed by atoms with Gasteiger partial charge in [-0.25, -0.2) is 4.85 Å². The number of alkyl halides is 12. The maximum Gasteiger partial charge on any atom is 0.416 e. The van der Waals surface area contributed by atoms with Crippen LogP contribution in [0.4, 0.5) is 58.4 Å². The highest BCUT2D eigenvalue weighted by Gasteiger charge is 2.39. The van der Waals surface area contributed by atoms with Gasteiger partial charge in [-0.2, -0.15) is 52.7 Å². The molecule has 56 heavy (non-hydrogen) atoms. The van der Waals surface area contributed by atoms with Gasteiger partial charge in [0.05, 0.1) is 62.3 Å². The molecule has 282 valence electrons. The van der Waals surface area contributed by atoms with Crippen molar-refractivity contribution in [2.75, 3.05) is 0 Å². The average Bonchev–Trinajstić information content (AvgIpc) is 3.65. The number of fused-ring (bicyclic) bond motifs is 6. The zero-order valence-corrected chi connectivity index (χ0v) is 27.8. The van der Waals surface area contributed by atoms with Crippen LogP contribution < -0.4 is 0 Å². The van der Waals surface area contributed by atoms with Crippen molar-refractivity contribution >= 4 is 49.3 Å². The molecule has 8 aromatic rings. The zero-order valence-electron chi connectivity index (χ0n) is 27.8. The average molecular weight is 782 g/mol. The third-order valence-corrected chi connectivity index (χ3v) is 9.64. The van der Waals surface area contributed by atoms with Gasteiger partial charge in [-0.3, -0.25) is 0 Å². The first-order chi connectivity index (χ1) is 26.3. The Kier molecular flexibility index (Phi) is 8.02. The van der Waals surface area contributed by atoms with Gasteiger partial charge in [0.2, 0.25) is 0 Å². The maximum absolute atomic E-state index is 14.6. The first kappa shape index (κ1) is 36.5. The van der Waals surface area contributed by atoms with E-state index in [1.54, 1.807) is 36.4 Å². The van der Waals surface area contributed by atoms with Crippen molar-refractivity contribution in [2.45, 2.75) is 24.7 Å². The summed E-state index contributed by atoms with van der Waals surface area (Å²) in [6, 6.07) is 21.6. The Balaban J connectivity index is 1.56. The van der Waals surface area contributed by atoms with E-state index < -0.39 is 63.8 Å². The molecule has 0 unspecified atom stereocenters. The largest absolute Gasteiger partial charge is 0.416 e. The van der Waals surface area contributed by atoms with Gasteiger partial charge in [0, 0.05) is 21.5 Å². The summed E-state index contributed by atoms with van der Waals surface area (Å²) in [7, 11) is 0. The fourth-order valence-electron chi connectivity index (χ4n) is 7.24. The second-order valence-corrected chi connectivity index (χ2v) is 12.9. The SMILES string of the molecule is [C-]#[N+]c1cc(-n2c3ccccc3c3cc(C(F)(F)F)ccc32)c(-n2c3ccccc3c3cc(C(F)(F)F)ccc32)cc1-c1ccc(C(F)(F)F)cc1C(F)(F)F. The van der Waals surface area contributed by atoms with Crippen molar-refractivity contribution in [1.82, 2.24) is 9.13 Å². The molecule has 0 fully saturated rings. The standard InChI is InChI=1S/C41H19F12N3/c1-54-31-20-37(56-33-9-5-3-7-26(33)29-17-22(39(45,46)47)12-15-35(29)56)36(19-27(31)24-13-10-23(40(48,49)50)18-30(24)41(51,52)53)55-32-8-4-2-6-25(32)28-16-21(38(42,43)44)11-14-34(28)55/h2-20H. The van der Waals surface area contributed by atoms with Crippen LogP contribution in [0.1, 0.15) is 22.3 Å². The minimum absolute atomic E-state index is 0.0220. The molecule has 0 aliphatic heterocycles. The molecular formula is C41H19F12N3. The Labute approximate surface area is 307 Å². The number of benzene rings is 6. The molecule has 0 radical (unpaired) electrons. The third kappa shape index (κ3) is 5.87. The van der Waals surface area contributed by atoms with Gasteiger partial charge in [0.15, 0.2) is 5.69 Å². The molecule has 0 atom stereocenters. The Bertz CT molecular complexity index is 2930. The number of halogens is 12. The number of para-hydroxylation sites is 2. The Morgan fingerprint density at radius 2 is 0.804 bits per heavy atom.